The number of nitrogens with one attached hydrogen (secondary N) is 2. The molecule has 0 amide bonds. The third-order valence-corrected chi connectivity index (χ3v) is 9.16. The number of aromatic nitrogens is 2. The molecule has 0 radical (unpaired) electrons. The summed E-state index contributed by atoms with van der Waals surface area (Å²) in [7, 11) is 0. The molecule has 1 saturated carbocycles. The molecule has 0 spiro atoms. The largest absolute Gasteiger partial charge is 0.481 e. The summed E-state index contributed by atoms with van der Waals surface area (Å²) >= 11 is 5.68. The van der Waals surface area contributed by atoms with Crippen molar-refractivity contribution in [2.45, 2.75) is 102 Å². The normalized spacial score (nSPS) is 25.4. The minimum atomic E-state index is -0.757. The van der Waals surface area contributed by atoms with Gasteiger partial charge in [-0.15, -0.1) is 0 Å². The predicted octanol–water partition coefficient (Wildman–Crippen LogP) is 5.95. The molecule has 1 aliphatic carbocycles. The number of aryl methyl sites for hydroxylation is 1. The number of rotatable bonds is 12. The second-order valence-electron chi connectivity index (χ2n) is 11.3. The summed E-state index contributed by atoms with van der Waals surface area (Å²) in [4.78, 5) is 20.2. The third kappa shape index (κ3) is 6.61. The molecule has 2 aromatic rings. The highest BCUT2D eigenvalue weighted by Gasteiger charge is 2.50. The SMILES string of the molecule is O=C(O)CCc1ccccc1C[C@@H]1[C@H](c2nc(C(=S)NCCCCC3CCCCC3)c[nH]2)[C@H]2CC[C@@H]1O2. The predicted molar refractivity (Wildman–Crippen MR) is 149 cm³/mol. The Bertz CT molecular complexity index is 1060. The van der Waals surface area contributed by atoms with Crippen LogP contribution in [0, 0.1) is 11.8 Å². The first-order valence-corrected chi connectivity index (χ1v) is 14.8. The van der Waals surface area contributed by atoms with Gasteiger partial charge in [-0.1, -0.05) is 81.4 Å². The van der Waals surface area contributed by atoms with Crippen LogP contribution in [0.1, 0.15) is 99.2 Å². The van der Waals surface area contributed by atoms with Crippen molar-refractivity contribution in [1.82, 2.24) is 15.3 Å². The monoisotopic (exact) mass is 523 g/mol. The van der Waals surface area contributed by atoms with Crippen LogP contribution in [0.5, 0.6) is 0 Å². The average Bonchev–Trinajstić information content (AvgIpc) is 3.65. The standard InChI is InChI=1S/C30H41N3O3S/c34-27(35)16-13-21-11-4-5-12-22(21)18-23-25-14-15-26(36-25)28(23)29-32-19-24(33-29)30(37)31-17-7-6-10-20-8-2-1-3-9-20/h4-5,11-12,19-20,23,25-26,28H,1-3,6-10,13-18H2,(H,31,37)(H,32,33)(H,34,35)/t23-,25-,26+,28-/m0/s1. The van der Waals surface area contributed by atoms with Gasteiger partial charge in [0.1, 0.15) is 16.5 Å². The zero-order valence-electron chi connectivity index (χ0n) is 21.8. The number of carboxylic acids is 1. The van der Waals surface area contributed by atoms with Crippen molar-refractivity contribution in [1.29, 1.82) is 0 Å². The van der Waals surface area contributed by atoms with Gasteiger partial charge in [-0.3, -0.25) is 4.79 Å². The Labute approximate surface area is 226 Å². The van der Waals surface area contributed by atoms with Crippen LogP contribution in [0.15, 0.2) is 30.5 Å². The van der Waals surface area contributed by atoms with E-state index in [4.69, 9.17) is 27.0 Å². The van der Waals surface area contributed by atoms with Crippen LogP contribution < -0.4 is 5.32 Å². The maximum atomic E-state index is 11.1. The van der Waals surface area contributed by atoms with Gasteiger partial charge in [0.05, 0.1) is 12.2 Å². The van der Waals surface area contributed by atoms with E-state index < -0.39 is 5.97 Å². The molecule has 3 fully saturated rings. The van der Waals surface area contributed by atoms with E-state index in [1.54, 1.807) is 0 Å². The lowest BCUT2D eigenvalue weighted by molar-refractivity contribution is -0.136. The van der Waals surface area contributed by atoms with Gasteiger partial charge in [-0.2, -0.15) is 0 Å². The van der Waals surface area contributed by atoms with Gasteiger partial charge >= 0.3 is 5.97 Å². The molecule has 200 valence electrons. The summed E-state index contributed by atoms with van der Waals surface area (Å²) in [6.45, 7) is 0.904. The van der Waals surface area contributed by atoms with Gasteiger partial charge < -0.3 is 20.1 Å². The Hall–Kier alpha value is -2.25. The molecule has 2 aliphatic heterocycles. The number of carboxylic acid groups (broad SMARTS) is 1. The highest BCUT2D eigenvalue weighted by atomic mass is 32.1. The van der Waals surface area contributed by atoms with Crippen molar-refractivity contribution in [2.75, 3.05) is 6.54 Å². The number of unbranched alkanes of at least 4 members (excludes halogenated alkanes) is 1. The Morgan fingerprint density at radius 1 is 1.08 bits per heavy atom. The third-order valence-electron chi connectivity index (χ3n) is 8.80. The first kappa shape index (κ1) is 26.4. The van der Waals surface area contributed by atoms with Gasteiger partial charge in [-0.05, 0) is 49.1 Å². The van der Waals surface area contributed by atoms with E-state index in [2.05, 4.69) is 22.4 Å². The maximum Gasteiger partial charge on any atom is 0.303 e. The molecule has 0 unspecified atom stereocenters. The highest BCUT2D eigenvalue weighted by Crippen LogP contribution is 2.49. The second-order valence-corrected chi connectivity index (χ2v) is 11.7. The second kappa shape index (κ2) is 12.5. The molecular formula is C30H41N3O3S. The number of imidazole rings is 1. The fourth-order valence-electron chi connectivity index (χ4n) is 6.86. The van der Waals surface area contributed by atoms with E-state index in [1.165, 1.54) is 50.5 Å². The summed E-state index contributed by atoms with van der Waals surface area (Å²) in [5.74, 6) is 1.68. The summed E-state index contributed by atoms with van der Waals surface area (Å²) in [5.41, 5.74) is 3.17. The van der Waals surface area contributed by atoms with Gasteiger partial charge in [0.2, 0.25) is 0 Å². The smallest absolute Gasteiger partial charge is 0.303 e. The quantitative estimate of drug-likeness (QED) is 0.236. The molecule has 5 rings (SSSR count). The van der Waals surface area contributed by atoms with Crippen LogP contribution in [-0.4, -0.2) is 44.8 Å². The van der Waals surface area contributed by atoms with Gasteiger partial charge in [0.25, 0.3) is 0 Å². The number of fused-ring (bicyclic) bond motifs is 2. The topological polar surface area (TPSA) is 87.2 Å². The molecule has 2 bridgehead atoms. The van der Waals surface area contributed by atoms with E-state index in [1.807, 2.05) is 18.3 Å². The highest BCUT2D eigenvalue weighted by molar-refractivity contribution is 7.80. The first-order valence-electron chi connectivity index (χ1n) is 14.4. The summed E-state index contributed by atoms with van der Waals surface area (Å²) in [6, 6.07) is 8.25. The zero-order valence-corrected chi connectivity index (χ0v) is 22.6. The molecule has 1 aromatic carbocycles. The van der Waals surface area contributed by atoms with E-state index in [-0.39, 0.29) is 24.5 Å². The number of aromatic amines is 1. The number of nitrogens with zero attached hydrogens (tertiary/aromatic N) is 1. The van der Waals surface area contributed by atoms with Crippen LogP contribution in [-0.2, 0) is 22.4 Å². The van der Waals surface area contributed by atoms with Crippen molar-refractivity contribution in [3.05, 3.63) is 53.1 Å². The molecule has 4 atom stereocenters. The number of carbonyl (C=O) groups is 1. The van der Waals surface area contributed by atoms with Crippen LogP contribution in [0.25, 0.3) is 0 Å². The van der Waals surface area contributed by atoms with E-state index in [0.29, 0.717) is 12.3 Å². The van der Waals surface area contributed by atoms with Crippen molar-refractivity contribution >= 4 is 23.2 Å². The molecule has 1 aromatic heterocycles. The minimum absolute atomic E-state index is 0.153. The molecular weight excluding hydrogens is 482 g/mol. The fraction of sp³-hybridized carbons (Fsp3) is 0.633. The molecule has 3 N–H and O–H groups in total. The molecule has 6 nitrogen and oxygen atoms in total. The number of hydrogen-bond donors (Lipinski definition) is 3. The first-order chi connectivity index (χ1) is 18.1. The Kier molecular flexibility index (Phi) is 8.93. The van der Waals surface area contributed by atoms with Crippen LogP contribution >= 0.6 is 12.2 Å². The minimum Gasteiger partial charge on any atom is -0.481 e. The lowest BCUT2D eigenvalue weighted by Gasteiger charge is -2.27. The molecule has 7 heteroatoms. The number of H-pyrrole nitrogens is 1. The lowest BCUT2D eigenvalue weighted by atomic mass is 9.75. The van der Waals surface area contributed by atoms with E-state index in [0.717, 1.165) is 60.2 Å². The average molecular weight is 524 g/mol. The number of hydrogen-bond acceptors (Lipinski definition) is 4. The number of ether oxygens (including phenoxy) is 1. The van der Waals surface area contributed by atoms with E-state index >= 15 is 0 Å². The van der Waals surface area contributed by atoms with E-state index in [9.17, 15) is 4.79 Å². The molecule has 3 heterocycles. The Morgan fingerprint density at radius 2 is 1.86 bits per heavy atom. The van der Waals surface area contributed by atoms with Gasteiger partial charge in [0.15, 0.2) is 0 Å². The van der Waals surface area contributed by atoms with Crippen molar-refractivity contribution < 1.29 is 14.6 Å². The summed E-state index contributed by atoms with van der Waals surface area (Å²) in [6.07, 6.45) is 17.0. The lowest BCUT2D eigenvalue weighted by Crippen LogP contribution is -2.29. The Morgan fingerprint density at radius 3 is 2.68 bits per heavy atom. The van der Waals surface area contributed by atoms with Gasteiger partial charge in [0, 0.05) is 31.0 Å². The van der Waals surface area contributed by atoms with Crippen molar-refractivity contribution in [3.63, 3.8) is 0 Å². The van der Waals surface area contributed by atoms with Crippen LogP contribution in [0.4, 0.5) is 0 Å². The molecule has 3 aliphatic rings. The van der Waals surface area contributed by atoms with Crippen LogP contribution in [0.2, 0.25) is 0 Å². The van der Waals surface area contributed by atoms with Gasteiger partial charge in [-0.25, -0.2) is 4.98 Å². The summed E-state index contributed by atoms with van der Waals surface area (Å²) in [5, 5.41) is 12.6. The number of aliphatic carboxylic acids is 1. The Balaban J connectivity index is 1.17. The summed E-state index contributed by atoms with van der Waals surface area (Å²) < 4.78 is 6.37. The zero-order chi connectivity index (χ0) is 25.6. The fourth-order valence-corrected chi connectivity index (χ4v) is 7.07. The van der Waals surface area contributed by atoms with Crippen molar-refractivity contribution in [2.24, 2.45) is 11.8 Å². The van der Waals surface area contributed by atoms with Crippen LogP contribution in [0.3, 0.4) is 0 Å². The maximum absolute atomic E-state index is 11.1. The number of benzene rings is 1. The van der Waals surface area contributed by atoms with Crippen molar-refractivity contribution in [3.8, 4) is 0 Å². The molecule has 37 heavy (non-hydrogen) atoms. The molecule has 2 saturated heterocycles. The number of thiocarbonyl (C=S) groups is 1.